The Hall–Kier alpha value is -12.8. The zero-order valence-electron chi connectivity index (χ0n) is 68.3. The second kappa shape index (κ2) is 31.5. The Morgan fingerprint density at radius 1 is 0.292 bits per heavy atom. The molecular weight excluding hydrogens is 1490 g/mol. The number of ketones is 2. The van der Waals surface area contributed by atoms with Crippen LogP contribution in [0.4, 0.5) is 0 Å². The summed E-state index contributed by atoms with van der Waals surface area (Å²) in [6.07, 6.45) is 52.3. The van der Waals surface area contributed by atoms with Gasteiger partial charge in [-0.05, 0) is 283 Å². The lowest BCUT2D eigenvalue weighted by Crippen LogP contribution is -2.39. The van der Waals surface area contributed by atoms with Gasteiger partial charge in [-0.1, -0.05) is 36.4 Å². The molecular formula is C100H97N17O3. The normalized spacial score (nSPS) is 23.8. The Morgan fingerprint density at radius 3 is 1.02 bits per heavy atom. The molecule has 0 fully saturated rings. The third-order valence-electron chi connectivity index (χ3n) is 29.5. The molecule has 12 aliphatic rings. The van der Waals surface area contributed by atoms with Gasteiger partial charge in [0, 0.05) is 167 Å². The highest BCUT2D eigenvalue weighted by molar-refractivity contribution is 6.03. The molecule has 0 saturated carbocycles. The molecule has 6 aromatic carbocycles. The predicted molar refractivity (Wildman–Crippen MR) is 452 cm³/mol. The summed E-state index contributed by atoms with van der Waals surface area (Å²) >= 11 is 0. The fraction of sp³-hybridized carbons (Fsp3) is 0.390. The maximum absolute atomic E-state index is 12.4. The Morgan fingerprint density at radius 2 is 0.592 bits per heavy atom. The Balaban J connectivity index is 0.0000000952. The first-order chi connectivity index (χ1) is 58.8. The van der Waals surface area contributed by atoms with Gasteiger partial charge in [-0.3, -0.25) is 9.59 Å². The third-order valence-corrected chi connectivity index (χ3v) is 29.5. The van der Waals surface area contributed by atoms with Crippen LogP contribution in [0.3, 0.4) is 0 Å². The molecule has 0 radical (unpaired) electrons. The van der Waals surface area contributed by atoms with Gasteiger partial charge >= 0.3 is 0 Å². The number of fused-ring (bicyclic) bond motifs is 24. The number of nitriles is 5. The van der Waals surface area contributed by atoms with Gasteiger partial charge in [-0.2, -0.15) is 26.3 Å². The number of hydrogen-bond acceptors (Lipinski definition) is 14. The number of Topliss-reactive ketones (excluding diaryl/α,β-unsaturated/α-hetero) is 2. The standard InChI is InChI=1S/C17H15N3O.2C17H17N3.C17H20N2O.C16H13N3O.C16H15N3/c18-9-12-2-3-14-13(8-12)15(21)4-6-17(14)5-1-7-20-11-19-10-16(17)20;18-10-13-4-5-15-14(9-13)3-1-6-17(15)7-2-8-20-12-19-11-16(17)20;18-10-13-4-5-14-3-1-6-17(15(14)9-13)7-2-8-20-12-19-11-16(17)20;1-20-14-6-5-13-4-2-7-17(15(13)10-14)8-3-9-19-12-18-11-16(17)19;17-8-11-2-3-13-12(6-11)14(20)7-16(13)4-1-5-19-10-18-9-15(16)19;17-9-12-2-3-14-13(8-12)4-6-16(14)5-1-7-19-11-18-10-15(16)19/h2-3,8,10-11H,1,4-7H2;2*4-5,9,11-12H,1-3,6-8H2;5-6,10-12H,2-4,7-9H2,1H3;2-3,6,9-10H,1,4-5,7H2;2-3,8,10-11H,1,4-7H2. The number of rotatable bonds is 1. The molecule has 0 saturated heterocycles. The van der Waals surface area contributed by atoms with E-state index in [0.717, 1.165) is 147 Å². The average molecular weight is 1580 g/mol. The van der Waals surface area contributed by atoms with Crippen LogP contribution in [0.25, 0.3) is 0 Å². The van der Waals surface area contributed by atoms with Crippen LogP contribution >= 0.6 is 0 Å². The molecule has 20 nitrogen and oxygen atoms in total. The molecule has 6 aliphatic heterocycles. The van der Waals surface area contributed by atoms with E-state index in [0.29, 0.717) is 24.0 Å². The average Bonchev–Trinajstić information content (AvgIpc) is 1.67. The lowest BCUT2D eigenvalue weighted by atomic mass is 9.64. The highest BCUT2D eigenvalue weighted by Gasteiger charge is 2.51. The molecule has 6 unspecified atom stereocenters. The molecule has 0 bridgehead atoms. The van der Waals surface area contributed by atoms with E-state index in [2.05, 4.69) is 148 Å². The van der Waals surface area contributed by atoms with Crippen LogP contribution < -0.4 is 4.74 Å². The van der Waals surface area contributed by atoms with Crippen LogP contribution in [-0.2, 0) is 97.4 Å². The van der Waals surface area contributed by atoms with Crippen molar-refractivity contribution in [3.05, 3.63) is 313 Å². The molecule has 6 aromatic heterocycles. The number of aromatic nitrogens is 12. The van der Waals surface area contributed by atoms with Crippen molar-refractivity contribution < 1.29 is 14.3 Å². The minimum absolute atomic E-state index is 0.0925. The quantitative estimate of drug-likeness (QED) is 0.148. The Bertz CT molecular complexity index is 6230. The molecule has 0 amide bonds. The van der Waals surface area contributed by atoms with E-state index >= 15 is 0 Å². The van der Waals surface area contributed by atoms with Crippen molar-refractivity contribution in [1.82, 2.24) is 57.3 Å². The topological polar surface area (TPSA) is 269 Å². The number of methoxy groups -OCH3 is 1. The number of carbonyl (C=O) groups is 2. The van der Waals surface area contributed by atoms with Crippen molar-refractivity contribution in [3.63, 3.8) is 0 Å². The van der Waals surface area contributed by atoms with Gasteiger partial charge in [-0.25, -0.2) is 29.9 Å². The largest absolute Gasteiger partial charge is 0.497 e. The SMILES string of the molecule is COc1ccc2c(c1)C1(CCC2)CCCn2cncc21.N#Cc1ccc2c(c1)C(=O)CC21CCCn2cncc21.N#Cc1ccc2c(c1)C(=O)CCC21CCCn2cncc21.N#Cc1ccc2c(c1)C1(CCC2)CCCn2cncc21.N#Cc1ccc2c(c1)CCC21CCCn2cncc21.N#Cc1ccc2c(c1)CCCC21CCCn2cncc21. The van der Waals surface area contributed by atoms with Crippen molar-refractivity contribution >= 4 is 11.6 Å². The first kappa shape index (κ1) is 77.1. The highest BCUT2D eigenvalue weighted by atomic mass is 16.5. The van der Waals surface area contributed by atoms with E-state index in [1.165, 1.54) is 169 Å². The van der Waals surface area contributed by atoms with Gasteiger partial charge in [0.2, 0.25) is 0 Å². The molecule has 6 spiro atoms. The summed E-state index contributed by atoms with van der Waals surface area (Å²) in [5, 5.41) is 45.4. The summed E-state index contributed by atoms with van der Waals surface area (Å²) in [4.78, 5) is 50.7. The number of benzene rings is 6. The molecule has 6 aliphatic carbocycles. The van der Waals surface area contributed by atoms with Crippen molar-refractivity contribution in [2.75, 3.05) is 7.11 Å². The van der Waals surface area contributed by atoms with Crippen LogP contribution in [-0.4, -0.2) is 76.0 Å². The summed E-state index contributed by atoms with van der Waals surface area (Å²) < 4.78 is 19.1. The van der Waals surface area contributed by atoms with Gasteiger partial charge < -0.3 is 32.1 Å². The zero-order chi connectivity index (χ0) is 81.8. The van der Waals surface area contributed by atoms with Gasteiger partial charge in [-0.15, -0.1) is 0 Å². The predicted octanol–water partition coefficient (Wildman–Crippen LogP) is 17.7. The number of imidazole rings is 6. The summed E-state index contributed by atoms with van der Waals surface area (Å²) in [6.45, 7) is 6.32. The fourth-order valence-corrected chi connectivity index (χ4v) is 24.1. The van der Waals surface area contributed by atoms with Crippen LogP contribution in [0.15, 0.2) is 184 Å². The number of ether oxygens (including phenoxy) is 1. The number of nitrogens with zero attached hydrogens (tertiary/aromatic N) is 17. The molecule has 12 aromatic rings. The Kier molecular flexibility index (Phi) is 20.2. The minimum Gasteiger partial charge on any atom is -0.497 e. The van der Waals surface area contributed by atoms with E-state index in [-0.39, 0.29) is 44.1 Å². The molecule has 6 atom stereocenters. The van der Waals surface area contributed by atoms with Crippen molar-refractivity contribution in [2.24, 2.45) is 0 Å². The lowest BCUT2D eigenvalue weighted by Gasteiger charge is -2.42. The summed E-state index contributed by atoms with van der Waals surface area (Å²) in [5.41, 5.74) is 26.5. The minimum atomic E-state index is -0.227. The third kappa shape index (κ3) is 12.9. The second-order valence-electron chi connectivity index (χ2n) is 35.3. The van der Waals surface area contributed by atoms with Crippen molar-refractivity contribution in [1.29, 1.82) is 26.3 Å². The first-order valence-electron chi connectivity index (χ1n) is 43.3. The van der Waals surface area contributed by atoms with Crippen LogP contribution in [0, 0.1) is 56.7 Å². The summed E-state index contributed by atoms with van der Waals surface area (Å²) in [5.74, 6) is 1.28. The maximum Gasteiger partial charge on any atom is 0.164 e. The van der Waals surface area contributed by atoms with Crippen molar-refractivity contribution in [3.8, 4) is 36.1 Å². The molecule has 24 rings (SSSR count). The molecule has 600 valence electrons. The van der Waals surface area contributed by atoms with Gasteiger partial charge in [0.05, 0.1) is 103 Å². The molecule has 120 heavy (non-hydrogen) atoms. The Labute approximate surface area is 700 Å². The van der Waals surface area contributed by atoms with Crippen LogP contribution in [0.5, 0.6) is 5.75 Å². The van der Waals surface area contributed by atoms with Gasteiger partial charge in [0.1, 0.15) is 5.75 Å². The summed E-state index contributed by atoms with van der Waals surface area (Å²) in [7, 11) is 1.75. The maximum atomic E-state index is 12.4. The molecule has 0 N–H and O–H groups in total. The zero-order valence-corrected chi connectivity index (χ0v) is 68.3. The fourth-order valence-electron chi connectivity index (χ4n) is 24.1. The van der Waals surface area contributed by atoms with Gasteiger partial charge in [0.15, 0.2) is 11.6 Å². The van der Waals surface area contributed by atoms with Crippen LogP contribution in [0.2, 0.25) is 0 Å². The van der Waals surface area contributed by atoms with E-state index in [9.17, 15) is 14.9 Å². The first-order valence-corrected chi connectivity index (χ1v) is 43.3. The molecule has 12 heterocycles. The summed E-state index contributed by atoms with van der Waals surface area (Å²) in [6, 6.07) is 47.4. The molecule has 20 heteroatoms. The number of hydrogen-bond donors (Lipinski definition) is 0. The van der Waals surface area contributed by atoms with E-state index in [1.54, 1.807) is 19.2 Å². The van der Waals surface area contributed by atoms with Crippen molar-refractivity contribution in [2.45, 2.75) is 239 Å². The van der Waals surface area contributed by atoms with E-state index in [4.69, 9.17) is 25.8 Å². The second-order valence-corrected chi connectivity index (χ2v) is 35.3. The number of aryl methyl sites for hydroxylation is 10. The monoisotopic (exact) mass is 1580 g/mol. The number of carbonyl (C=O) groups excluding carboxylic acids is 2. The van der Waals surface area contributed by atoms with E-state index < -0.39 is 0 Å². The smallest absolute Gasteiger partial charge is 0.164 e. The van der Waals surface area contributed by atoms with Gasteiger partial charge in [0.25, 0.3) is 0 Å². The van der Waals surface area contributed by atoms with Crippen LogP contribution in [0.1, 0.15) is 280 Å². The highest BCUT2D eigenvalue weighted by Crippen LogP contribution is 2.55. The van der Waals surface area contributed by atoms with E-state index in [1.807, 2.05) is 111 Å². The lowest BCUT2D eigenvalue weighted by molar-refractivity contribution is 0.0949.